The van der Waals surface area contributed by atoms with Crippen LogP contribution in [0, 0.1) is 0 Å². The Hall–Kier alpha value is -0.960. The van der Waals surface area contributed by atoms with Crippen molar-refractivity contribution in [2.45, 2.75) is 54.4 Å². The molecule has 8 heteroatoms. The first-order valence-electron chi connectivity index (χ1n) is 6.89. The van der Waals surface area contributed by atoms with Gasteiger partial charge in [-0.1, -0.05) is 25.7 Å². The highest BCUT2D eigenvalue weighted by molar-refractivity contribution is 7.89. The third-order valence-electron chi connectivity index (χ3n) is 3.61. The van der Waals surface area contributed by atoms with Gasteiger partial charge in [-0.25, -0.2) is 13.1 Å². The minimum absolute atomic E-state index is 0.000790. The van der Waals surface area contributed by atoms with Crippen molar-refractivity contribution >= 4 is 20.1 Å². The monoisotopic (exact) mass is 333 g/mol. The summed E-state index contributed by atoms with van der Waals surface area (Å²) in [5, 5.41) is 0. The number of benzene rings is 1. The smallest absolute Gasteiger partial charge is 0.282 e. The Kier molecular flexibility index (Phi) is 5.03. The summed E-state index contributed by atoms with van der Waals surface area (Å²) < 4.78 is 57.9. The highest BCUT2D eigenvalue weighted by Gasteiger charge is 2.21. The molecule has 1 aliphatic carbocycles. The van der Waals surface area contributed by atoms with Crippen LogP contribution in [0.5, 0.6) is 0 Å². The van der Waals surface area contributed by atoms with Crippen LogP contribution < -0.4 is 4.72 Å². The Morgan fingerprint density at radius 2 is 1.33 bits per heavy atom. The van der Waals surface area contributed by atoms with Crippen LogP contribution in [0.3, 0.4) is 0 Å². The first-order valence-corrected chi connectivity index (χ1v) is 9.81. The highest BCUT2D eigenvalue weighted by Crippen LogP contribution is 2.20. The minimum Gasteiger partial charge on any atom is -0.282 e. The number of nitrogens with one attached hydrogen (secondary N) is 1. The summed E-state index contributed by atoms with van der Waals surface area (Å²) in [5.41, 5.74) is 0. The maximum absolute atomic E-state index is 12.3. The Morgan fingerprint density at radius 1 is 0.857 bits per heavy atom. The molecular formula is C13H19NO5S2. The van der Waals surface area contributed by atoms with E-state index in [4.69, 9.17) is 4.55 Å². The van der Waals surface area contributed by atoms with Crippen molar-refractivity contribution in [1.82, 2.24) is 4.72 Å². The fourth-order valence-electron chi connectivity index (χ4n) is 2.48. The van der Waals surface area contributed by atoms with Gasteiger partial charge in [0.1, 0.15) is 0 Å². The van der Waals surface area contributed by atoms with Crippen LogP contribution in [0.15, 0.2) is 34.1 Å². The van der Waals surface area contributed by atoms with E-state index in [2.05, 4.69) is 4.72 Å². The summed E-state index contributed by atoms with van der Waals surface area (Å²) in [6.07, 6.45) is 5.91. The van der Waals surface area contributed by atoms with E-state index in [0.717, 1.165) is 50.7 Å². The van der Waals surface area contributed by atoms with Gasteiger partial charge in [0.2, 0.25) is 10.0 Å². The summed E-state index contributed by atoms with van der Waals surface area (Å²) in [5.74, 6) is 0. The Labute approximate surface area is 125 Å². The average Bonchev–Trinajstić information content (AvgIpc) is 2.66. The van der Waals surface area contributed by atoms with Gasteiger partial charge in [-0.15, -0.1) is 0 Å². The van der Waals surface area contributed by atoms with Gasteiger partial charge in [-0.2, -0.15) is 8.42 Å². The maximum atomic E-state index is 12.3. The number of sulfonamides is 1. The molecule has 0 atom stereocenters. The van der Waals surface area contributed by atoms with Crippen LogP contribution in [-0.2, 0) is 20.1 Å². The van der Waals surface area contributed by atoms with Crippen molar-refractivity contribution in [3.63, 3.8) is 0 Å². The van der Waals surface area contributed by atoms with Crippen LogP contribution in [0.4, 0.5) is 0 Å². The molecular weight excluding hydrogens is 314 g/mol. The predicted octanol–water partition coefficient (Wildman–Crippen LogP) is 1.93. The summed E-state index contributed by atoms with van der Waals surface area (Å²) in [6.45, 7) is 0. The van der Waals surface area contributed by atoms with Gasteiger partial charge in [-0.3, -0.25) is 4.55 Å². The molecule has 21 heavy (non-hydrogen) atoms. The molecule has 1 aromatic carbocycles. The van der Waals surface area contributed by atoms with E-state index in [-0.39, 0.29) is 15.8 Å². The second-order valence-electron chi connectivity index (χ2n) is 5.26. The van der Waals surface area contributed by atoms with Gasteiger partial charge < -0.3 is 0 Å². The van der Waals surface area contributed by atoms with Gasteiger partial charge in [0.15, 0.2) is 0 Å². The van der Waals surface area contributed by atoms with E-state index < -0.39 is 20.1 Å². The van der Waals surface area contributed by atoms with E-state index >= 15 is 0 Å². The van der Waals surface area contributed by atoms with E-state index in [9.17, 15) is 16.8 Å². The normalized spacial score (nSPS) is 18.3. The predicted molar refractivity (Wildman–Crippen MR) is 78.1 cm³/mol. The molecule has 0 unspecified atom stereocenters. The molecule has 2 rings (SSSR count). The quantitative estimate of drug-likeness (QED) is 0.648. The maximum Gasteiger partial charge on any atom is 0.294 e. The van der Waals surface area contributed by atoms with Crippen molar-refractivity contribution in [2.24, 2.45) is 0 Å². The van der Waals surface area contributed by atoms with Crippen molar-refractivity contribution in [3.05, 3.63) is 24.3 Å². The number of rotatable bonds is 4. The lowest BCUT2D eigenvalue weighted by Crippen LogP contribution is -2.34. The summed E-state index contributed by atoms with van der Waals surface area (Å²) in [6, 6.07) is 4.46. The molecule has 0 aromatic heterocycles. The first-order chi connectivity index (χ1) is 9.79. The van der Waals surface area contributed by atoms with E-state index in [1.54, 1.807) is 0 Å². The molecule has 0 bridgehead atoms. The lowest BCUT2D eigenvalue weighted by Gasteiger charge is -2.16. The zero-order valence-corrected chi connectivity index (χ0v) is 13.2. The third-order valence-corrected chi connectivity index (χ3v) is 6.01. The molecule has 0 spiro atoms. The first kappa shape index (κ1) is 16.4. The van der Waals surface area contributed by atoms with Crippen molar-refractivity contribution in [2.75, 3.05) is 0 Å². The summed E-state index contributed by atoms with van der Waals surface area (Å²) in [7, 11) is -7.98. The Morgan fingerprint density at radius 3 is 1.81 bits per heavy atom. The van der Waals surface area contributed by atoms with Gasteiger partial charge in [0, 0.05) is 6.04 Å². The largest absolute Gasteiger partial charge is 0.294 e. The summed E-state index contributed by atoms with van der Waals surface area (Å²) in [4.78, 5) is -0.324. The molecule has 118 valence electrons. The number of hydrogen-bond donors (Lipinski definition) is 2. The molecule has 1 aliphatic rings. The molecule has 2 N–H and O–H groups in total. The fraction of sp³-hybridized carbons (Fsp3) is 0.538. The SMILES string of the molecule is O=S(=O)(O)c1ccc(S(=O)(=O)NC2CCCCCC2)cc1. The van der Waals surface area contributed by atoms with Crippen LogP contribution in [-0.4, -0.2) is 27.4 Å². The second kappa shape index (κ2) is 6.43. The minimum atomic E-state index is -4.31. The topological polar surface area (TPSA) is 101 Å². The van der Waals surface area contributed by atoms with Crippen molar-refractivity contribution in [1.29, 1.82) is 0 Å². The lowest BCUT2D eigenvalue weighted by molar-refractivity contribution is 0.482. The summed E-state index contributed by atoms with van der Waals surface area (Å²) >= 11 is 0. The van der Waals surface area contributed by atoms with Gasteiger partial charge in [-0.05, 0) is 37.1 Å². The molecule has 0 aliphatic heterocycles. The average molecular weight is 333 g/mol. The second-order valence-corrected chi connectivity index (χ2v) is 8.39. The molecule has 6 nitrogen and oxygen atoms in total. The molecule has 1 fully saturated rings. The van der Waals surface area contributed by atoms with Crippen molar-refractivity contribution < 1.29 is 21.4 Å². The Bertz CT molecular complexity index is 672. The molecule has 1 saturated carbocycles. The number of hydrogen-bond acceptors (Lipinski definition) is 4. The fourth-order valence-corrected chi connectivity index (χ4v) is 4.26. The van der Waals surface area contributed by atoms with Crippen LogP contribution in [0.1, 0.15) is 38.5 Å². The Balaban J connectivity index is 2.15. The van der Waals surface area contributed by atoms with Gasteiger partial charge in [0.25, 0.3) is 10.1 Å². The van der Waals surface area contributed by atoms with Crippen molar-refractivity contribution in [3.8, 4) is 0 Å². The van der Waals surface area contributed by atoms with E-state index in [1.165, 1.54) is 12.1 Å². The van der Waals surface area contributed by atoms with Gasteiger partial charge in [0.05, 0.1) is 9.79 Å². The van der Waals surface area contributed by atoms with E-state index in [1.807, 2.05) is 0 Å². The standard InChI is InChI=1S/C13H19NO5S2/c15-20(16,14-11-5-3-1-2-4-6-11)12-7-9-13(10-8-12)21(17,18)19/h7-11,14H,1-6H2,(H,17,18,19). The molecule has 0 radical (unpaired) electrons. The molecule has 0 amide bonds. The van der Waals surface area contributed by atoms with Crippen LogP contribution in [0.25, 0.3) is 0 Å². The zero-order valence-electron chi connectivity index (χ0n) is 11.5. The van der Waals surface area contributed by atoms with Gasteiger partial charge >= 0.3 is 0 Å². The molecule has 0 saturated heterocycles. The lowest BCUT2D eigenvalue weighted by atomic mass is 10.1. The van der Waals surface area contributed by atoms with Crippen LogP contribution in [0.2, 0.25) is 0 Å². The van der Waals surface area contributed by atoms with E-state index in [0.29, 0.717) is 0 Å². The molecule has 1 aromatic rings. The molecule has 0 heterocycles. The zero-order chi connectivity index (χ0) is 15.5. The van der Waals surface area contributed by atoms with Crippen LogP contribution >= 0.6 is 0 Å². The highest BCUT2D eigenvalue weighted by atomic mass is 32.2. The third kappa shape index (κ3) is 4.50.